The number of rotatable bonds is 9. The number of halogens is 1. The van der Waals surface area contributed by atoms with Crippen LogP contribution < -0.4 is 10.6 Å². The van der Waals surface area contributed by atoms with Gasteiger partial charge >= 0.3 is 0 Å². The highest BCUT2D eigenvalue weighted by Gasteiger charge is 2.34. The van der Waals surface area contributed by atoms with Crippen LogP contribution in [0.3, 0.4) is 0 Å². The first-order valence-electron chi connectivity index (χ1n) is 11.3. The van der Waals surface area contributed by atoms with Crippen molar-refractivity contribution in [3.05, 3.63) is 34.1 Å². The number of carbonyl (C=O) groups excluding carboxylic acids is 3. The fourth-order valence-corrected chi connectivity index (χ4v) is 4.78. The van der Waals surface area contributed by atoms with Crippen LogP contribution in [0.25, 0.3) is 6.08 Å². The van der Waals surface area contributed by atoms with Crippen LogP contribution >= 0.6 is 11.6 Å². The van der Waals surface area contributed by atoms with Gasteiger partial charge in [-0.1, -0.05) is 24.4 Å². The van der Waals surface area contributed by atoms with E-state index < -0.39 is 12.0 Å². The Bertz CT molecular complexity index is 995. The van der Waals surface area contributed by atoms with Gasteiger partial charge in [-0.15, -0.1) is 0 Å². The second kappa shape index (κ2) is 9.83. The van der Waals surface area contributed by atoms with E-state index in [9.17, 15) is 19.6 Å². The molecule has 168 valence electrons. The molecule has 2 fully saturated rings. The van der Waals surface area contributed by atoms with E-state index in [0.29, 0.717) is 42.3 Å². The summed E-state index contributed by atoms with van der Waals surface area (Å²) < 4.78 is 0. The molecule has 3 atom stereocenters. The lowest BCUT2D eigenvalue weighted by Crippen LogP contribution is -2.43. The van der Waals surface area contributed by atoms with Crippen LogP contribution in [-0.4, -0.2) is 35.2 Å². The van der Waals surface area contributed by atoms with Crippen LogP contribution in [0.4, 0.5) is 0 Å². The van der Waals surface area contributed by atoms with Crippen molar-refractivity contribution in [2.75, 3.05) is 6.54 Å². The Labute approximate surface area is 192 Å². The lowest BCUT2D eigenvalue weighted by molar-refractivity contribution is -0.128. The summed E-state index contributed by atoms with van der Waals surface area (Å²) in [5, 5.41) is 15.8. The second-order valence-corrected chi connectivity index (χ2v) is 9.52. The number of nitrogens with one attached hydrogen (secondary N) is 2. The first-order valence-corrected chi connectivity index (χ1v) is 11.7. The summed E-state index contributed by atoms with van der Waals surface area (Å²) in [4.78, 5) is 42.2. The Morgan fingerprint density at radius 2 is 2.09 bits per heavy atom. The minimum Gasteiger partial charge on any atom is -0.356 e. The fourth-order valence-electron chi connectivity index (χ4n) is 4.54. The van der Waals surface area contributed by atoms with E-state index in [0.717, 1.165) is 36.8 Å². The van der Waals surface area contributed by atoms with Gasteiger partial charge in [-0.25, -0.2) is 0 Å². The molecule has 1 aliphatic heterocycles. The molecule has 1 saturated heterocycles. The molecule has 8 heteroatoms. The Morgan fingerprint density at radius 1 is 1.28 bits per heavy atom. The number of hydrogen-bond donors (Lipinski definition) is 2. The summed E-state index contributed by atoms with van der Waals surface area (Å²) in [7, 11) is 0. The smallest absolute Gasteiger partial charge is 0.248 e. The number of fused-ring (bicyclic) bond motifs is 1. The number of hydrogen-bond acceptors (Lipinski definition) is 5. The normalized spacial score (nSPS) is 21.6. The van der Waals surface area contributed by atoms with Gasteiger partial charge in [-0.2, -0.15) is 5.26 Å². The third-order valence-corrected chi connectivity index (χ3v) is 6.87. The van der Waals surface area contributed by atoms with E-state index in [2.05, 4.69) is 21.7 Å². The number of pyridine rings is 1. The van der Waals surface area contributed by atoms with Gasteiger partial charge in [0.25, 0.3) is 0 Å². The molecule has 1 aromatic rings. The van der Waals surface area contributed by atoms with Gasteiger partial charge in [-0.3, -0.25) is 19.4 Å². The van der Waals surface area contributed by atoms with E-state index in [1.165, 1.54) is 0 Å². The molecule has 0 aromatic carbocycles. The van der Waals surface area contributed by atoms with Crippen LogP contribution in [-0.2, 0) is 20.8 Å². The van der Waals surface area contributed by atoms with Gasteiger partial charge < -0.3 is 10.6 Å². The number of nitriles is 1. The average Bonchev–Trinajstić information content (AvgIpc) is 3.48. The number of amides is 2. The van der Waals surface area contributed by atoms with Crippen LogP contribution in [0.2, 0.25) is 5.02 Å². The van der Waals surface area contributed by atoms with Gasteiger partial charge in [0.05, 0.1) is 23.1 Å². The van der Waals surface area contributed by atoms with Crippen LogP contribution in [0, 0.1) is 29.1 Å². The predicted octanol–water partition coefficient (Wildman–Crippen LogP) is 2.97. The lowest BCUT2D eigenvalue weighted by atomic mass is 9.85. The summed E-state index contributed by atoms with van der Waals surface area (Å²) in [6.45, 7) is 0.669. The third kappa shape index (κ3) is 5.36. The topological polar surface area (TPSA) is 112 Å². The van der Waals surface area contributed by atoms with Gasteiger partial charge in [-0.05, 0) is 43.2 Å². The second-order valence-electron chi connectivity index (χ2n) is 9.11. The van der Waals surface area contributed by atoms with Crippen LogP contribution in [0.1, 0.15) is 56.1 Å². The summed E-state index contributed by atoms with van der Waals surface area (Å²) >= 11 is 6.18. The maximum atomic E-state index is 13.1. The molecular formula is C24H27ClN4O3. The molecule has 0 spiro atoms. The Hall–Kier alpha value is -2.72. The molecule has 2 heterocycles. The third-order valence-electron chi connectivity index (χ3n) is 6.57. The first-order chi connectivity index (χ1) is 15.4. The standard InChI is InChI=1S/C24H27ClN4O3/c25-20-13-27-12-18-9-17(10-19(18)20)24(32)29-21(7-14-3-4-14)22(30)8-15(11-26)6-16-2-1-5-28-23(16)31/h10,12-16,21H,1-9H2,(H,28,31)(H,29,32)/t15-,16+,21+/m1/s1. The zero-order valence-corrected chi connectivity index (χ0v) is 18.7. The molecule has 0 bridgehead atoms. The molecule has 2 N–H and O–H groups in total. The van der Waals surface area contributed by atoms with E-state index in [1.807, 2.05) is 0 Å². The highest BCUT2D eigenvalue weighted by atomic mass is 35.5. The lowest BCUT2D eigenvalue weighted by Gasteiger charge is -2.24. The molecule has 0 radical (unpaired) electrons. The Morgan fingerprint density at radius 3 is 2.78 bits per heavy atom. The van der Waals surface area contributed by atoms with Crippen molar-refractivity contribution >= 4 is 35.3 Å². The van der Waals surface area contributed by atoms with Crippen molar-refractivity contribution in [3.8, 4) is 6.07 Å². The zero-order valence-electron chi connectivity index (χ0n) is 17.9. The van der Waals surface area contributed by atoms with Crippen LogP contribution in [0.15, 0.2) is 18.0 Å². The largest absolute Gasteiger partial charge is 0.356 e. The Kier molecular flexibility index (Phi) is 6.90. The van der Waals surface area contributed by atoms with Crippen LogP contribution in [0.5, 0.6) is 0 Å². The van der Waals surface area contributed by atoms with Crippen molar-refractivity contribution in [1.82, 2.24) is 15.6 Å². The van der Waals surface area contributed by atoms with Crippen molar-refractivity contribution in [2.24, 2.45) is 17.8 Å². The molecular weight excluding hydrogens is 428 g/mol. The number of piperidine rings is 1. The monoisotopic (exact) mass is 454 g/mol. The quantitative estimate of drug-likeness (QED) is 0.595. The highest BCUT2D eigenvalue weighted by Crippen LogP contribution is 2.35. The molecule has 0 unspecified atom stereocenters. The zero-order chi connectivity index (χ0) is 22.7. The van der Waals surface area contributed by atoms with Crippen molar-refractivity contribution in [3.63, 3.8) is 0 Å². The fraction of sp³-hybridized carbons (Fsp3) is 0.542. The van der Waals surface area contributed by atoms with Gasteiger partial charge in [0.1, 0.15) is 0 Å². The molecule has 3 aliphatic rings. The van der Waals surface area contributed by atoms with Crippen molar-refractivity contribution < 1.29 is 14.4 Å². The minimum atomic E-state index is -0.621. The number of ketones is 1. The molecule has 7 nitrogen and oxygen atoms in total. The summed E-state index contributed by atoms with van der Waals surface area (Å²) in [6, 6.07) is 1.58. The van der Waals surface area contributed by atoms with Crippen molar-refractivity contribution in [1.29, 1.82) is 5.26 Å². The summed E-state index contributed by atoms with van der Waals surface area (Å²) in [5.41, 5.74) is 2.24. The summed E-state index contributed by atoms with van der Waals surface area (Å²) in [6.07, 6.45) is 10.2. The number of carbonyl (C=O) groups is 3. The highest BCUT2D eigenvalue weighted by molar-refractivity contribution is 6.32. The van der Waals surface area contributed by atoms with E-state index in [4.69, 9.17) is 11.6 Å². The number of aromatic nitrogens is 1. The maximum absolute atomic E-state index is 13.1. The number of Topliss-reactive ketones (excluding diaryl/α,β-unsaturated/α-hetero) is 1. The molecule has 1 saturated carbocycles. The van der Waals surface area contributed by atoms with Gasteiger partial charge in [0.2, 0.25) is 11.8 Å². The van der Waals surface area contributed by atoms with Gasteiger partial charge in [0, 0.05) is 48.8 Å². The Balaban J connectivity index is 1.39. The summed E-state index contributed by atoms with van der Waals surface area (Å²) in [5.74, 6) is -0.775. The maximum Gasteiger partial charge on any atom is 0.248 e. The predicted molar refractivity (Wildman–Crippen MR) is 119 cm³/mol. The molecule has 2 aliphatic carbocycles. The van der Waals surface area contributed by atoms with Crippen molar-refractivity contribution in [2.45, 2.75) is 57.4 Å². The van der Waals surface area contributed by atoms with E-state index in [-0.39, 0.29) is 29.9 Å². The molecule has 2 amide bonds. The average molecular weight is 455 g/mol. The minimum absolute atomic E-state index is 0.0346. The van der Waals surface area contributed by atoms with Gasteiger partial charge in [0.15, 0.2) is 5.78 Å². The SMILES string of the molecule is N#C[C@@H](CC(=O)[C@H](CC1CC1)NC(=O)C1=Cc2c(Cl)cncc2C1)C[C@@H]1CCCNC1=O. The van der Waals surface area contributed by atoms with E-state index in [1.54, 1.807) is 18.5 Å². The molecule has 4 rings (SSSR count). The van der Waals surface area contributed by atoms with E-state index >= 15 is 0 Å². The molecule has 1 aromatic heterocycles. The number of nitrogens with zero attached hydrogens (tertiary/aromatic N) is 2. The molecule has 32 heavy (non-hydrogen) atoms. The first kappa shape index (κ1) is 22.5.